The fraction of sp³-hybridized carbons (Fsp3) is 0.727. The second-order valence-corrected chi connectivity index (χ2v) is 7.84. The molecular weight excluding hydrogens is 440 g/mol. The molecule has 0 bridgehead atoms. The minimum atomic E-state index is -3.43. The third-order valence-corrected chi connectivity index (χ3v) is 5.21. The Labute approximate surface area is 192 Å². The lowest BCUT2D eigenvalue weighted by atomic mass is 9.68. The van der Waals surface area contributed by atoms with E-state index in [1.54, 1.807) is 0 Å². The van der Waals surface area contributed by atoms with Crippen molar-refractivity contribution in [3.05, 3.63) is 0 Å². The molecule has 0 heterocycles. The van der Waals surface area contributed by atoms with Crippen LogP contribution in [0.1, 0.15) is 73.1 Å². The maximum atomic E-state index is 13.0. The van der Waals surface area contributed by atoms with Crippen LogP contribution in [0.3, 0.4) is 0 Å². The Balaban J connectivity index is 6.88. The van der Waals surface area contributed by atoms with E-state index in [-0.39, 0.29) is 6.42 Å². The van der Waals surface area contributed by atoms with Gasteiger partial charge in [0, 0.05) is 20.3 Å². The van der Waals surface area contributed by atoms with E-state index < -0.39 is 65.1 Å². The molecule has 0 spiro atoms. The molecule has 0 aromatic heterocycles. The van der Waals surface area contributed by atoms with Crippen LogP contribution in [0.2, 0.25) is 0 Å². The van der Waals surface area contributed by atoms with Gasteiger partial charge < -0.3 is 24.8 Å². The Morgan fingerprint density at radius 3 is 1.76 bits per heavy atom. The van der Waals surface area contributed by atoms with Gasteiger partial charge in [0.1, 0.15) is 12.2 Å². The number of rotatable bonds is 16. The highest BCUT2D eigenvalue weighted by molar-refractivity contribution is 6.45. The molecule has 0 rings (SSSR count). The second kappa shape index (κ2) is 13.3. The zero-order chi connectivity index (χ0) is 26.0. The molecule has 0 saturated heterocycles. The van der Waals surface area contributed by atoms with Crippen LogP contribution in [0.5, 0.6) is 0 Å². The van der Waals surface area contributed by atoms with Crippen molar-refractivity contribution in [1.29, 1.82) is 0 Å². The molecule has 0 aliphatic carbocycles. The van der Waals surface area contributed by atoms with Gasteiger partial charge in [-0.15, -0.1) is 0 Å². The van der Waals surface area contributed by atoms with E-state index >= 15 is 0 Å². The molecule has 3 unspecified atom stereocenters. The Morgan fingerprint density at radius 1 is 0.818 bits per heavy atom. The van der Waals surface area contributed by atoms with Crippen LogP contribution in [-0.2, 0) is 38.2 Å². The summed E-state index contributed by atoms with van der Waals surface area (Å²) in [5.74, 6) is -8.34. The first-order valence-electron chi connectivity index (χ1n) is 10.7. The Morgan fingerprint density at radius 2 is 1.36 bits per heavy atom. The van der Waals surface area contributed by atoms with Crippen molar-refractivity contribution in [1.82, 2.24) is 0 Å². The molecule has 0 fully saturated rings. The number of hydrogen-bond donors (Lipinski definition) is 3. The normalized spacial score (nSPS) is 16.5. The van der Waals surface area contributed by atoms with Crippen molar-refractivity contribution in [2.75, 3.05) is 6.61 Å². The van der Waals surface area contributed by atoms with Gasteiger partial charge in [0.15, 0.2) is 17.3 Å². The highest BCUT2D eigenvalue weighted by Crippen LogP contribution is 2.39. The van der Waals surface area contributed by atoms with E-state index in [9.17, 15) is 44.1 Å². The molecule has 0 saturated carbocycles. The van der Waals surface area contributed by atoms with Gasteiger partial charge in [0.05, 0.1) is 6.61 Å². The van der Waals surface area contributed by atoms with Crippen LogP contribution in [0.15, 0.2) is 0 Å². The fourth-order valence-electron chi connectivity index (χ4n) is 3.59. The smallest absolute Gasteiger partial charge is 0.307 e. The van der Waals surface area contributed by atoms with Gasteiger partial charge in [-0.3, -0.25) is 28.8 Å². The Bertz CT molecular complexity index is 759. The fourth-order valence-corrected chi connectivity index (χ4v) is 3.59. The SMILES string of the molecule is CCCCCCCC(=O)OC(C(C)=O)(C(O)C(O)CO)[C@](OC(C)=O)(C(C)=O)C(=O)C(C)=O. The predicted molar refractivity (Wildman–Crippen MR) is 113 cm³/mol. The summed E-state index contributed by atoms with van der Waals surface area (Å²) in [4.78, 5) is 75.3. The van der Waals surface area contributed by atoms with Crippen molar-refractivity contribution in [3.8, 4) is 0 Å². The second-order valence-electron chi connectivity index (χ2n) is 7.84. The maximum absolute atomic E-state index is 13.0. The lowest BCUT2D eigenvalue weighted by Crippen LogP contribution is -2.77. The summed E-state index contributed by atoms with van der Waals surface area (Å²) in [5.41, 5.74) is -6.76. The van der Waals surface area contributed by atoms with Gasteiger partial charge in [-0.05, 0) is 20.3 Å². The number of carbonyl (C=O) groups is 6. The molecule has 0 aliphatic heterocycles. The van der Waals surface area contributed by atoms with E-state index in [1.807, 2.05) is 6.92 Å². The molecule has 11 nitrogen and oxygen atoms in total. The highest BCUT2D eigenvalue weighted by atomic mass is 16.6. The van der Waals surface area contributed by atoms with Gasteiger partial charge >= 0.3 is 11.9 Å². The largest absolute Gasteiger partial charge is 0.443 e. The van der Waals surface area contributed by atoms with Gasteiger partial charge in [-0.1, -0.05) is 32.6 Å². The lowest BCUT2D eigenvalue weighted by molar-refractivity contribution is -0.237. The summed E-state index contributed by atoms with van der Waals surface area (Å²) in [6.45, 7) is 3.70. The molecular formula is C22H34O11. The van der Waals surface area contributed by atoms with Crippen LogP contribution >= 0.6 is 0 Å². The molecule has 4 atom stereocenters. The average molecular weight is 475 g/mol. The summed E-state index contributed by atoms with van der Waals surface area (Å²) in [6, 6.07) is 0. The standard InChI is InChI=1S/C22H34O11/c1-6-7-8-9-10-11-18(29)33-22(15(4)26,20(31)17(28)12-23)21(14(3)25,32-16(5)27)19(30)13(2)24/h17,20,23,28,31H,6-12H2,1-5H3/t17?,20?,21-,22?/m0/s1. The van der Waals surface area contributed by atoms with Crippen LogP contribution in [0.25, 0.3) is 0 Å². The highest BCUT2D eigenvalue weighted by Gasteiger charge is 2.73. The lowest BCUT2D eigenvalue weighted by Gasteiger charge is -2.46. The third kappa shape index (κ3) is 6.75. The van der Waals surface area contributed by atoms with Crippen molar-refractivity contribution in [2.24, 2.45) is 0 Å². The molecule has 0 radical (unpaired) electrons. The summed E-state index contributed by atoms with van der Waals surface area (Å²) in [6.07, 6.45) is -1.56. The number of carbonyl (C=O) groups excluding carboxylic acids is 6. The average Bonchev–Trinajstić information content (AvgIpc) is 2.73. The number of unbranched alkanes of at least 4 members (excludes halogenated alkanes) is 4. The van der Waals surface area contributed by atoms with Gasteiger partial charge in [0.25, 0.3) is 17.0 Å². The molecule has 0 aliphatic rings. The first kappa shape index (κ1) is 30.5. The summed E-state index contributed by atoms with van der Waals surface area (Å²) < 4.78 is 10.1. The molecule has 33 heavy (non-hydrogen) atoms. The number of esters is 2. The first-order chi connectivity index (χ1) is 15.3. The van der Waals surface area contributed by atoms with Gasteiger partial charge in [0.2, 0.25) is 0 Å². The van der Waals surface area contributed by atoms with E-state index in [2.05, 4.69) is 0 Å². The van der Waals surface area contributed by atoms with E-state index in [4.69, 9.17) is 9.47 Å². The van der Waals surface area contributed by atoms with Crippen molar-refractivity contribution < 1.29 is 53.6 Å². The van der Waals surface area contributed by atoms with E-state index in [0.717, 1.165) is 40.0 Å². The molecule has 0 aromatic carbocycles. The zero-order valence-electron chi connectivity index (χ0n) is 19.7. The first-order valence-corrected chi connectivity index (χ1v) is 10.7. The minimum Gasteiger partial charge on any atom is -0.443 e. The topological polar surface area (TPSA) is 182 Å². The maximum Gasteiger partial charge on any atom is 0.307 e. The third-order valence-electron chi connectivity index (χ3n) is 5.21. The number of ether oxygens (including phenoxy) is 2. The number of aliphatic hydroxyl groups excluding tert-OH is 3. The summed E-state index contributed by atoms with van der Waals surface area (Å²) in [5, 5.41) is 30.2. The van der Waals surface area contributed by atoms with Crippen LogP contribution < -0.4 is 0 Å². The quantitative estimate of drug-likeness (QED) is 0.118. The van der Waals surface area contributed by atoms with Crippen molar-refractivity contribution in [2.45, 2.75) is 96.6 Å². The monoisotopic (exact) mass is 474 g/mol. The molecule has 0 aromatic rings. The number of ketones is 4. The van der Waals surface area contributed by atoms with Crippen LogP contribution in [0.4, 0.5) is 0 Å². The Hall–Kier alpha value is -2.50. The van der Waals surface area contributed by atoms with Crippen molar-refractivity contribution >= 4 is 35.1 Å². The predicted octanol–water partition coefficient (Wildman–Crippen LogP) is -0.0190. The zero-order valence-corrected chi connectivity index (χ0v) is 19.7. The van der Waals surface area contributed by atoms with E-state index in [1.165, 1.54) is 0 Å². The van der Waals surface area contributed by atoms with Gasteiger partial charge in [-0.2, -0.15) is 0 Å². The number of hydrogen-bond acceptors (Lipinski definition) is 11. The Kier molecular flexibility index (Phi) is 12.3. The van der Waals surface area contributed by atoms with Crippen LogP contribution in [-0.4, -0.2) is 80.4 Å². The molecule has 3 N–H and O–H groups in total. The van der Waals surface area contributed by atoms with Crippen molar-refractivity contribution in [3.63, 3.8) is 0 Å². The number of aliphatic hydroxyl groups is 3. The number of Topliss-reactive ketones (excluding diaryl/α,β-unsaturated/α-hetero) is 4. The van der Waals surface area contributed by atoms with E-state index in [0.29, 0.717) is 19.8 Å². The molecule has 11 heteroatoms. The molecule has 188 valence electrons. The van der Waals surface area contributed by atoms with Crippen LogP contribution in [0, 0.1) is 0 Å². The van der Waals surface area contributed by atoms with Gasteiger partial charge in [-0.25, -0.2) is 0 Å². The summed E-state index contributed by atoms with van der Waals surface area (Å²) >= 11 is 0. The summed E-state index contributed by atoms with van der Waals surface area (Å²) in [7, 11) is 0. The minimum absolute atomic E-state index is 0.298. The molecule has 0 amide bonds.